The smallest absolute Gasteiger partial charge is 0.271 e. The minimum atomic E-state index is -0.633. The number of hydrazone groups is 1. The highest BCUT2D eigenvalue weighted by Gasteiger charge is 2.12. The van der Waals surface area contributed by atoms with E-state index in [2.05, 4.69) is 15.8 Å². The Morgan fingerprint density at radius 2 is 1.59 bits per heavy atom. The van der Waals surface area contributed by atoms with Crippen molar-refractivity contribution in [2.75, 3.05) is 5.32 Å². The van der Waals surface area contributed by atoms with Gasteiger partial charge >= 0.3 is 0 Å². The van der Waals surface area contributed by atoms with E-state index in [0.717, 1.165) is 0 Å². The third-order valence-electron chi connectivity index (χ3n) is 3.86. The van der Waals surface area contributed by atoms with Crippen molar-refractivity contribution in [1.29, 1.82) is 0 Å². The Morgan fingerprint density at radius 3 is 2.31 bits per heavy atom. The van der Waals surface area contributed by atoms with Crippen LogP contribution < -0.4 is 10.7 Å². The van der Waals surface area contributed by atoms with Crippen molar-refractivity contribution in [2.45, 2.75) is 0 Å². The van der Waals surface area contributed by atoms with Crippen molar-refractivity contribution >= 4 is 46.9 Å². The largest absolute Gasteiger partial charge is 0.322 e. The summed E-state index contributed by atoms with van der Waals surface area (Å²) in [6, 6.07) is 16.8. The summed E-state index contributed by atoms with van der Waals surface area (Å²) in [6.45, 7) is 0. The van der Waals surface area contributed by atoms with Gasteiger partial charge in [-0.25, -0.2) is 9.82 Å². The summed E-state index contributed by atoms with van der Waals surface area (Å²) in [5.74, 6) is -1.76. The van der Waals surface area contributed by atoms with E-state index in [1.54, 1.807) is 42.5 Å². The maximum Gasteiger partial charge on any atom is 0.271 e. The first-order chi connectivity index (χ1) is 14.0. The number of nitrogens with one attached hydrogen (secondary N) is 2. The molecule has 0 saturated carbocycles. The molecule has 0 bridgehead atoms. The number of amides is 2. The first-order valence-electron chi connectivity index (χ1n) is 8.39. The van der Waals surface area contributed by atoms with Crippen molar-refractivity contribution < 1.29 is 14.0 Å². The highest BCUT2D eigenvalue weighted by molar-refractivity contribution is 6.38. The lowest BCUT2D eigenvalue weighted by Crippen LogP contribution is -2.18. The third-order valence-corrected chi connectivity index (χ3v) is 4.52. The minimum Gasteiger partial charge on any atom is -0.322 e. The first-order valence-corrected chi connectivity index (χ1v) is 9.14. The molecule has 0 spiro atoms. The topological polar surface area (TPSA) is 70.6 Å². The van der Waals surface area contributed by atoms with Gasteiger partial charge in [0.2, 0.25) is 0 Å². The number of carbonyl (C=O) groups is 2. The molecule has 0 aliphatic carbocycles. The van der Waals surface area contributed by atoms with Gasteiger partial charge < -0.3 is 5.32 Å². The predicted molar refractivity (Wildman–Crippen MR) is 112 cm³/mol. The van der Waals surface area contributed by atoms with Crippen LogP contribution in [0.25, 0.3) is 0 Å². The van der Waals surface area contributed by atoms with Crippen LogP contribution in [0.2, 0.25) is 10.0 Å². The molecule has 29 heavy (non-hydrogen) atoms. The number of halogens is 3. The van der Waals surface area contributed by atoms with Crippen LogP contribution in [0, 0.1) is 5.82 Å². The number of rotatable bonds is 5. The molecule has 0 aliphatic heterocycles. The van der Waals surface area contributed by atoms with Crippen LogP contribution in [0.1, 0.15) is 26.3 Å². The lowest BCUT2D eigenvalue weighted by molar-refractivity contribution is 0.0953. The molecule has 8 heteroatoms. The van der Waals surface area contributed by atoms with Gasteiger partial charge in [-0.05, 0) is 42.5 Å². The van der Waals surface area contributed by atoms with E-state index in [-0.39, 0.29) is 11.1 Å². The molecule has 3 aromatic rings. The summed E-state index contributed by atoms with van der Waals surface area (Å²) >= 11 is 12.1. The Hall–Kier alpha value is -3.22. The lowest BCUT2D eigenvalue weighted by Gasteiger charge is -2.07. The molecule has 0 heterocycles. The molecule has 0 aromatic heterocycles. The Morgan fingerprint density at radius 1 is 0.897 bits per heavy atom. The van der Waals surface area contributed by atoms with Crippen molar-refractivity contribution in [3.63, 3.8) is 0 Å². The van der Waals surface area contributed by atoms with Crippen LogP contribution in [0.5, 0.6) is 0 Å². The Kier molecular flexibility index (Phi) is 6.59. The highest BCUT2D eigenvalue weighted by Crippen LogP contribution is 2.22. The fourth-order valence-corrected chi connectivity index (χ4v) is 2.93. The Bertz CT molecular complexity index is 1080. The number of nitrogens with zero attached hydrogens (tertiary/aromatic N) is 1. The second-order valence-corrected chi connectivity index (χ2v) is 6.66. The number of carbonyl (C=O) groups excluding carboxylic acids is 2. The van der Waals surface area contributed by atoms with E-state index >= 15 is 0 Å². The zero-order chi connectivity index (χ0) is 20.8. The van der Waals surface area contributed by atoms with Crippen molar-refractivity contribution in [1.82, 2.24) is 5.43 Å². The monoisotopic (exact) mass is 429 g/mol. The molecule has 0 atom stereocenters. The number of benzene rings is 3. The molecule has 3 rings (SSSR count). The number of anilines is 1. The lowest BCUT2D eigenvalue weighted by atomic mass is 10.1. The average molecular weight is 430 g/mol. The quantitative estimate of drug-likeness (QED) is 0.434. The second-order valence-electron chi connectivity index (χ2n) is 5.85. The van der Waals surface area contributed by atoms with Gasteiger partial charge in [-0.15, -0.1) is 0 Å². The van der Waals surface area contributed by atoms with Gasteiger partial charge in [-0.1, -0.05) is 47.5 Å². The molecule has 2 N–H and O–H groups in total. The van der Waals surface area contributed by atoms with Crippen LogP contribution in [0.3, 0.4) is 0 Å². The zero-order valence-corrected chi connectivity index (χ0v) is 16.3. The average Bonchev–Trinajstić information content (AvgIpc) is 2.70. The number of hydrogen-bond donors (Lipinski definition) is 2. The third kappa shape index (κ3) is 5.19. The predicted octanol–water partition coefficient (Wildman–Crippen LogP) is 5.15. The molecule has 5 nitrogen and oxygen atoms in total. The SMILES string of the molecule is O=C(NN=Cc1c(Cl)cccc1Cl)c1cccc(NC(=O)c2ccccc2F)c1. The Balaban J connectivity index is 1.69. The van der Waals surface area contributed by atoms with E-state index < -0.39 is 17.6 Å². The molecule has 146 valence electrons. The van der Waals surface area contributed by atoms with Crippen LogP contribution in [0.15, 0.2) is 71.8 Å². The van der Waals surface area contributed by atoms with Crippen LogP contribution >= 0.6 is 23.2 Å². The molecule has 2 amide bonds. The maximum atomic E-state index is 13.7. The first kappa shape index (κ1) is 20.5. The Labute approximate surface area is 176 Å². The van der Waals surface area contributed by atoms with Crippen LogP contribution in [-0.2, 0) is 0 Å². The summed E-state index contributed by atoms with van der Waals surface area (Å²) in [5, 5.41) is 7.21. The molecular weight excluding hydrogens is 416 g/mol. The molecule has 0 aliphatic rings. The molecular formula is C21H14Cl2FN3O2. The van der Waals surface area contributed by atoms with Gasteiger partial charge in [0.25, 0.3) is 11.8 Å². The number of hydrogen-bond acceptors (Lipinski definition) is 3. The van der Waals surface area contributed by atoms with Crippen molar-refractivity contribution in [3.8, 4) is 0 Å². The van der Waals surface area contributed by atoms with Gasteiger partial charge in [0.05, 0.1) is 21.8 Å². The molecule has 0 radical (unpaired) electrons. The van der Waals surface area contributed by atoms with E-state index in [1.165, 1.54) is 30.5 Å². The van der Waals surface area contributed by atoms with E-state index in [9.17, 15) is 14.0 Å². The van der Waals surface area contributed by atoms with Gasteiger partial charge in [-0.2, -0.15) is 5.10 Å². The summed E-state index contributed by atoms with van der Waals surface area (Å²) in [5.41, 5.74) is 3.33. The fourth-order valence-electron chi connectivity index (χ4n) is 2.44. The zero-order valence-electron chi connectivity index (χ0n) is 14.8. The van der Waals surface area contributed by atoms with Gasteiger partial charge in [-0.3, -0.25) is 9.59 Å². The standard InChI is InChI=1S/C21H14Cl2FN3O2/c22-17-8-4-9-18(23)16(17)12-25-27-20(28)13-5-3-6-14(11-13)26-21(29)15-7-1-2-10-19(15)24/h1-12H,(H,26,29)(H,27,28). The van der Waals surface area contributed by atoms with E-state index in [4.69, 9.17) is 23.2 Å². The van der Waals surface area contributed by atoms with Crippen LogP contribution in [-0.4, -0.2) is 18.0 Å². The second kappa shape index (κ2) is 9.32. The highest BCUT2D eigenvalue weighted by atomic mass is 35.5. The molecule has 0 unspecified atom stereocenters. The van der Waals surface area contributed by atoms with Crippen molar-refractivity contribution in [3.05, 3.63) is 99.3 Å². The van der Waals surface area contributed by atoms with Gasteiger partial charge in [0, 0.05) is 16.8 Å². The normalized spacial score (nSPS) is 10.7. The van der Waals surface area contributed by atoms with Crippen LogP contribution in [0.4, 0.5) is 10.1 Å². The van der Waals surface area contributed by atoms with Gasteiger partial charge in [0.1, 0.15) is 5.82 Å². The fraction of sp³-hybridized carbons (Fsp3) is 0. The molecule has 0 saturated heterocycles. The molecule has 0 fully saturated rings. The minimum absolute atomic E-state index is 0.0939. The van der Waals surface area contributed by atoms with E-state index in [1.807, 2.05) is 0 Å². The summed E-state index contributed by atoms with van der Waals surface area (Å²) in [4.78, 5) is 24.5. The van der Waals surface area contributed by atoms with Crippen molar-refractivity contribution in [2.24, 2.45) is 5.10 Å². The van der Waals surface area contributed by atoms with E-state index in [0.29, 0.717) is 21.3 Å². The summed E-state index contributed by atoms with van der Waals surface area (Å²) in [6.07, 6.45) is 1.34. The summed E-state index contributed by atoms with van der Waals surface area (Å²) < 4.78 is 13.7. The van der Waals surface area contributed by atoms with Gasteiger partial charge in [0.15, 0.2) is 0 Å². The molecule has 3 aromatic carbocycles. The summed E-state index contributed by atoms with van der Waals surface area (Å²) in [7, 11) is 0. The maximum absolute atomic E-state index is 13.7.